The highest BCUT2D eigenvalue weighted by atomic mass is 16.4. The molecule has 0 bridgehead atoms. The Morgan fingerprint density at radius 2 is 1.84 bits per heavy atom. The lowest BCUT2D eigenvalue weighted by Crippen LogP contribution is -2.41. The standard InChI is InChI=1S/C15H15NO3/c1-10(17)16-14(15(18)19)9-11-6-7-12-4-2-3-5-13(12)8-11/h2-8,14H,9H2,1H3,(H,16,17)(H,18,19)/t14-/m0/s1. The summed E-state index contributed by atoms with van der Waals surface area (Å²) in [5, 5.41) is 13.7. The van der Waals surface area contributed by atoms with Gasteiger partial charge in [-0.1, -0.05) is 42.5 Å². The van der Waals surface area contributed by atoms with Crippen molar-refractivity contribution in [3.63, 3.8) is 0 Å². The highest BCUT2D eigenvalue weighted by Gasteiger charge is 2.18. The third-order valence-corrected chi connectivity index (χ3v) is 2.93. The predicted molar refractivity (Wildman–Crippen MR) is 72.9 cm³/mol. The number of aliphatic carboxylic acids is 1. The van der Waals surface area contributed by atoms with Gasteiger partial charge in [-0.2, -0.15) is 0 Å². The Kier molecular flexibility index (Phi) is 3.80. The summed E-state index contributed by atoms with van der Waals surface area (Å²) in [4.78, 5) is 22.1. The molecule has 19 heavy (non-hydrogen) atoms. The average molecular weight is 257 g/mol. The number of hydrogen-bond donors (Lipinski definition) is 2. The Morgan fingerprint density at radius 1 is 1.16 bits per heavy atom. The normalized spacial score (nSPS) is 12.1. The quantitative estimate of drug-likeness (QED) is 0.880. The molecule has 0 unspecified atom stereocenters. The van der Waals surface area contributed by atoms with Gasteiger partial charge in [-0.25, -0.2) is 4.79 Å². The second-order valence-corrected chi connectivity index (χ2v) is 4.48. The summed E-state index contributed by atoms with van der Waals surface area (Å²) in [6, 6.07) is 12.8. The molecule has 1 amide bonds. The third-order valence-electron chi connectivity index (χ3n) is 2.93. The summed E-state index contributed by atoms with van der Waals surface area (Å²) < 4.78 is 0. The number of carbonyl (C=O) groups excluding carboxylic acids is 1. The topological polar surface area (TPSA) is 66.4 Å². The first-order valence-electron chi connectivity index (χ1n) is 6.04. The summed E-state index contributed by atoms with van der Waals surface area (Å²) in [5.74, 6) is -1.36. The fourth-order valence-corrected chi connectivity index (χ4v) is 2.05. The van der Waals surface area contributed by atoms with E-state index in [1.54, 1.807) is 0 Å². The van der Waals surface area contributed by atoms with Gasteiger partial charge in [-0.15, -0.1) is 0 Å². The molecule has 0 aliphatic heterocycles. The Labute approximate surface area is 111 Å². The molecule has 0 saturated heterocycles. The molecule has 2 aromatic carbocycles. The van der Waals surface area contributed by atoms with Crippen molar-refractivity contribution in [2.75, 3.05) is 0 Å². The number of benzene rings is 2. The molecule has 2 rings (SSSR count). The predicted octanol–water partition coefficient (Wildman–Crippen LogP) is 1.97. The van der Waals surface area contributed by atoms with E-state index >= 15 is 0 Å². The third kappa shape index (κ3) is 3.31. The first-order chi connectivity index (χ1) is 9.06. The van der Waals surface area contributed by atoms with Gasteiger partial charge in [0.1, 0.15) is 6.04 Å². The van der Waals surface area contributed by atoms with Crippen LogP contribution >= 0.6 is 0 Å². The average Bonchev–Trinajstić information content (AvgIpc) is 2.37. The largest absolute Gasteiger partial charge is 0.480 e. The van der Waals surface area contributed by atoms with Crippen LogP contribution in [0.1, 0.15) is 12.5 Å². The second-order valence-electron chi connectivity index (χ2n) is 4.48. The summed E-state index contributed by atoms with van der Waals surface area (Å²) in [7, 11) is 0. The summed E-state index contributed by atoms with van der Waals surface area (Å²) >= 11 is 0. The summed E-state index contributed by atoms with van der Waals surface area (Å²) in [6.07, 6.45) is 0.278. The van der Waals surface area contributed by atoms with Crippen molar-refractivity contribution in [2.45, 2.75) is 19.4 Å². The van der Waals surface area contributed by atoms with Crippen molar-refractivity contribution in [1.82, 2.24) is 5.32 Å². The molecule has 0 radical (unpaired) electrons. The SMILES string of the molecule is CC(=O)N[C@@H](Cc1ccc2ccccc2c1)C(=O)O. The van der Waals surface area contributed by atoms with Gasteiger partial charge in [-0.3, -0.25) is 4.79 Å². The number of fused-ring (bicyclic) bond motifs is 1. The summed E-state index contributed by atoms with van der Waals surface area (Å²) in [5.41, 5.74) is 0.889. The van der Waals surface area contributed by atoms with Gasteiger partial charge in [0.2, 0.25) is 5.91 Å². The van der Waals surface area contributed by atoms with Crippen LogP contribution in [0, 0.1) is 0 Å². The number of rotatable bonds is 4. The minimum absolute atomic E-state index is 0.278. The van der Waals surface area contributed by atoms with E-state index in [1.807, 2.05) is 42.5 Å². The molecule has 2 aromatic rings. The molecule has 0 spiro atoms. The lowest BCUT2D eigenvalue weighted by atomic mass is 10.0. The zero-order valence-electron chi connectivity index (χ0n) is 10.6. The van der Waals surface area contributed by atoms with E-state index in [1.165, 1.54) is 6.92 Å². The van der Waals surface area contributed by atoms with Crippen LogP contribution in [0.25, 0.3) is 10.8 Å². The van der Waals surface area contributed by atoms with Crippen molar-refractivity contribution in [2.24, 2.45) is 0 Å². The van der Waals surface area contributed by atoms with Crippen LogP contribution in [0.3, 0.4) is 0 Å². The fourth-order valence-electron chi connectivity index (χ4n) is 2.05. The highest BCUT2D eigenvalue weighted by Crippen LogP contribution is 2.16. The van der Waals surface area contributed by atoms with Gasteiger partial charge in [0.05, 0.1) is 0 Å². The first-order valence-corrected chi connectivity index (χ1v) is 6.04. The van der Waals surface area contributed by atoms with E-state index in [9.17, 15) is 9.59 Å². The van der Waals surface area contributed by atoms with E-state index in [4.69, 9.17) is 5.11 Å². The lowest BCUT2D eigenvalue weighted by Gasteiger charge is -2.13. The van der Waals surface area contributed by atoms with Crippen molar-refractivity contribution in [3.05, 3.63) is 48.0 Å². The molecule has 4 heteroatoms. The van der Waals surface area contributed by atoms with Crippen LogP contribution in [-0.2, 0) is 16.0 Å². The van der Waals surface area contributed by atoms with E-state index in [0.717, 1.165) is 16.3 Å². The van der Waals surface area contributed by atoms with Gasteiger partial charge in [-0.05, 0) is 16.3 Å². The molecule has 4 nitrogen and oxygen atoms in total. The molecule has 98 valence electrons. The van der Waals surface area contributed by atoms with Gasteiger partial charge in [0.15, 0.2) is 0 Å². The lowest BCUT2D eigenvalue weighted by molar-refractivity contribution is -0.141. The molecular formula is C15H15NO3. The number of amides is 1. The van der Waals surface area contributed by atoms with Crippen LogP contribution in [0.4, 0.5) is 0 Å². The van der Waals surface area contributed by atoms with E-state index in [0.29, 0.717) is 0 Å². The Balaban J connectivity index is 2.23. The second kappa shape index (κ2) is 5.52. The van der Waals surface area contributed by atoms with E-state index in [2.05, 4.69) is 5.32 Å². The van der Waals surface area contributed by atoms with Crippen LogP contribution in [0.5, 0.6) is 0 Å². The van der Waals surface area contributed by atoms with Crippen molar-refractivity contribution >= 4 is 22.6 Å². The first kappa shape index (κ1) is 13.1. The minimum Gasteiger partial charge on any atom is -0.480 e. The Hall–Kier alpha value is -2.36. The fraction of sp³-hybridized carbons (Fsp3) is 0.200. The monoisotopic (exact) mass is 257 g/mol. The van der Waals surface area contributed by atoms with Crippen LogP contribution in [0.15, 0.2) is 42.5 Å². The Morgan fingerprint density at radius 3 is 2.47 bits per heavy atom. The number of hydrogen-bond acceptors (Lipinski definition) is 2. The highest BCUT2D eigenvalue weighted by molar-refractivity contribution is 5.84. The van der Waals surface area contributed by atoms with E-state index < -0.39 is 12.0 Å². The van der Waals surface area contributed by atoms with Crippen molar-refractivity contribution in [1.29, 1.82) is 0 Å². The molecule has 1 atom stereocenters. The maximum atomic E-state index is 11.1. The zero-order valence-corrected chi connectivity index (χ0v) is 10.6. The number of nitrogens with one attached hydrogen (secondary N) is 1. The number of carboxylic acids is 1. The smallest absolute Gasteiger partial charge is 0.326 e. The molecule has 0 aromatic heterocycles. The molecule has 0 aliphatic carbocycles. The van der Waals surface area contributed by atoms with Crippen LogP contribution in [0.2, 0.25) is 0 Å². The van der Waals surface area contributed by atoms with Gasteiger partial charge >= 0.3 is 5.97 Å². The molecule has 0 saturated carbocycles. The van der Waals surface area contributed by atoms with Crippen molar-refractivity contribution in [3.8, 4) is 0 Å². The van der Waals surface area contributed by atoms with Gasteiger partial charge in [0, 0.05) is 13.3 Å². The minimum atomic E-state index is -1.02. The molecular weight excluding hydrogens is 242 g/mol. The van der Waals surface area contributed by atoms with E-state index in [-0.39, 0.29) is 12.3 Å². The number of carbonyl (C=O) groups is 2. The van der Waals surface area contributed by atoms with Gasteiger partial charge < -0.3 is 10.4 Å². The molecule has 0 heterocycles. The van der Waals surface area contributed by atoms with Gasteiger partial charge in [0.25, 0.3) is 0 Å². The van der Waals surface area contributed by atoms with Crippen molar-refractivity contribution < 1.29 is 14.7 Å². The molecule has 0 fully saturated rings. The van der Waals surface area contributed by atoms with Crippen LogP contribution < -0.4 is 5.32 Å². The maximum Gasteiger partial charge on any atom is 0.326 e. The maximum absolute atomic E-state index is 11.1. The summed E-state index contributed by atoms with van der Waals surface area (Å²) in [6.45, 7) is 1.32. The molecule has 0 aliphatic rings. The Bertz CT molecular complexity index is 622. The molecule has 2 N–H and O–H groups in total. The zero-order chi connectivity index (χ0) is 13.8. The van der Waals surface area contributed by atoms with Crippen LogP contribution in [-0.4, -0.2) is 23.0 Å². The number of carboxylic acid groups (broad SMARTS) is 1.